The van der Waals surface area contributed by atoms with Gasteiger partial charge in [-0.05, 0) is 37.1 Å². The number of hydrogen-bond donors (Lipinski definition) is 1. The number of nitrogens with one attached hydrogen (secondary N) is 1. The molecule has 1 aromatic rings. The van der Waals surface area contributed by atoms with Crippen LogP contribution in [-0.2, 0) is 4.79 Å². The van der Waals surface area contributed by atoms with E-state index in [2.05, 4.69) is 27.2 Å². The normalized spacial score (nSPS) is 19.0. The molecule has 22 heavy (non-hydrogen) atoms. The molecule has 1 saturated heterocycles. The number of amides is 1. The zero-order valence-corrected chi connectivity index (χ0v) is 13.3. The van der Waals surface area contributed by atoms with Crippen molar-refractivity contribution in [2.24, 2.45) is 5.92 Å². The quantitative estimate of drug-likeness (QED) is 0.861. The predicted molar refractivity (Wildman–Crippen MR) is 87.4 cm³/mol. The molecule has 1 aliphatic carbocycles. The zero-order chi connectivity index (χ0) is 15.4. The number of rotatable bonds is 6. The van der Waals surface area contributed by atoms with Gasteiger partial charge < -0.3 is 15.0 Å². The first-order valence-corrected chi connectivity index (χ1v) is 8.15. The van der Waals surface area contributed by atoms with E-state index in [1.54, 1.807) is 7.11 Å². The summed E-state index contributed by atoms with van der Waals surface area (Å²) in [5.74, 6) is 1.46. The number of piperazine rings is 1. The summed E-state index contributed by atoms with van der Waals surface area (Å²) >= 11 is 0. The van der Waals surface area contributed by atoms with Gasteiger partial charge in [0, 0.05) is 50.9 Å². The van der Waals surface area contributed by atoms with E-state index < -0.39 is 0 Å². The second-order valence-corrected chi connectivity index (χ2v) is 6.09. The van der Waals surface area contributed by atoms with Crippen LogP contribution in [0, 0.1) is 5.92 Å². The molecule has 2 aliphatic rings. The van der Waals surface area contributed by atoms with Crippen molar-refractivity contribution in [3.8, 4) is 5.75 Å². The molecule has 1 saturated carbocycles. The van der Waals surface area contributed by atoms with Gasteiger partial charge in [-0.3, -0.25) is 9.69 Å². The van der Waals surface area contributed by atoms with Gasteiger partial charge in [0.2, 0.25) is 5.91 Å². The first-order chi connectivity index (χ1) is 10.8. The van der Waals surface area contributed by atoms with Gasteiger partial charge in [0.25, 0.3) is 0 Å². The number of methoxy groups -OCH3 is 1. The summed E-state index contributed by atoms with van der Waals surface area (Å²) in [6, 6.07) is 8.25. The summed E-state index contributed by atoms with van der Waals surface area (Å²) in [4.78, 5) is 16.4. The highest BCUT2D eigenvalue weighted by atomic mass is 16.5. The van der Waals surface area contributed by atoms with Gasteiger partial charge in [0.1, 0.15) is 5.75 Å². The molecule has 1 aliphatic heterocycles. The summed E-state index contributed by atoms with van der Waals surface area (Å²) in [7, 11) is 1.69. The third-order valence-corrected chi connectivity index (χ3v) is 4.49. The van der Waals surface area contributed by atoms with E-state index in [4.69, 9.17) is 4.74 Å². The third-order valence-electron chi connectivity index (χ3n) is 4.49. The van der Waals surface area contributed by atoms with Crippen molar-refractivity contribution in [2.45, 2.75) is 12.8 Å². The molecule has 0 aromatic heterocycles. The number of hydrogen-bond acceptors (Lipinski definition) is 4. The minimum atomic E-state index is 0.247. The summed E-state index contributed by atoms with van der Waals surface area (Å²) < 4.78 is 5.20. The second-order valence-electron chi connectivity index (χ2n) is 6.09. The Morgan fingerprint density at radius 2 is 1.86 bits per heavy atom. The lowest BCUT2D eigenvalue weighted by Crippen LogP contribution is -2.48. The second kappa shape index (κ2) is 7.01. The molecule has 5 heteroatoms. The highest BCUT2D eigenvalue weighted by Crippen LogP contribution is 2.28. The fourth-order valence-electron chi connectivity index (χ4n) is 2.85. The van der Waals surface area contributed by atoms with E-state index in [-0.39, 0.29) is 5.91 Å². The Labute approximate surface area is 132 Å². The topological polar surface area (TPSA) is 44.8 Å². The Bertz CT molecular complexity index is 491. The molecule has 0 radical (unpaired) electrons. The fourth-order valence-corrected chi connectivity index (χ4v) is 2.85. The third kappa shape index (κ3) is 3.91. The van der Waals surface area contributed by atoms with Gasteiger partial charge in [0.05, 0.1) is 7.11 Å². The average Bonchev–Trinajstić information content (AvgIpc) is 3.40. The van der Waals surface area contributed by atoms with Crippen LogP contribution in [0.25, 0.3) is 0 Å². The Hall–Kier alpha value is -1.75. The van der Waals surface area contributed by atoms with Gasteiger partial charge in [0.15, 0.2) is 0 Å². The Morgan fingerprint density at radius 1 is 1.18 bits per heavy atom. The lowest BCUT2D eigenvalue weighted by Gasteiger charge is -2.36. The maximum Gasteiger partial charge on any atom is 0.223 e. The molecule has 5 nitrogen and oxygen atoms in total. The molecule has 3 rings (SSSR count). The Balaban J connectivity index is 1.38. The molecule has 1 amide bonds. The maximum atomic E-state index is 11.6. The first kappa shape index (κ1) is 15.2. The van der Waals surface area contributed by atoms with E-state index in [9.17, 15) is 4.79 Å². The molecule has 1 N–H and O–H groups in total. The predicted octanol–water partition coefficient (Wildman–Crippen LogP) is 1.34. The van der Waals surface area contributed by atoms with Gasteiger partial charge in [-0.2, -0.15) is 0 Å². The Morgan fingerprint density at radius 3 is 2.45 bits per heavy atom. The Kier molecular flexibility index (Phi) is 4.83. The van der Waals surface area contributed by atoms with Crippen LogP contribution < -0.4 is 15.0 Å². The highest BCUT2D eigenvalue weighted by Gasteiger charge is 2.29. The van der Waals surface area contributed by atoms with E-state index in [0.717, 1.165) is 57.9 Å². The minimum Gasteiger partial charge on any atom is -0.497 e. The highest BCUT2D eigenvalue weighted by molar-refractivity contribution is 5.80. The molecule has 0 spiro atoms. The molecule has 1 heterocycles. The lowest BCUT2D eigenvalue weighted by atomic mass is 10.2. The fraction of sp³-hybridized carbons (Fsp3) is 0.588. The van der Waals surface area contributed by atoms with Gasteiger partial charge in [-0.25, -0.2) is 0 Å². The molecule has 0 unspecified atom stereocenters. The maximum absolute atomic E-state index is 11.6. The molecule has 120 valence electrons. The monoisotopic (exact) mass is 303 g/mol. The molecule has 0 bridgehead atoms. The molecule has 1 aromatic carbocycles. The van der Waals surface area contributed by atoms with Crippen molar-refractivity contribution in [1.82, 2.24) is 10.2 Å². The summed E-state index contributed by atoms with van der Waals surface area (Å²) in [6.07, 6.45) is 2.15. The number of carbonyl (C=O) groups excluding carboxylic acids is 1. The van der Waals surface area contributed by atoms with E-state index >= 15 is 0 Å². The van der Waals surface area contributed by atoms with Crippen LogP contribution in [0.3, 0.4) is 0 Å². The van der Waals surface area contributed by atoms with E-state index in [1.807, 2.05) is 12.1 Å². The van der Waals surface area contributed by atoms with Crippen LogP contribution in [0.1, 0.15) is 12.8 Å². The molecular formula is C17H25N3O2. The van der Waals surface area contributed by atoms with Crippen molar-refractivity contribution in [2.75, 3.05) is 51.3 Å². The van der Waals surface area contributed by atoms with Crippen molar-refractivity contribution in [3.05, 3.63) is 24.3 Å². The van der Waals surface area contributed by atoms with Crippen molar-refractivity contribution < 1.29 is 9.53 Å². The van der Waals surface area contributed by atoms with Crippen molar-refractivity contribution in [1.29, 1.82) is 0 Å². The largest absolute Gasteiger partial charge is 0.497 e. The SMILES string of the molecule is COc1ccc(N2CCN(CCNC(=O)C3CC3)CC2)cc1. The van der Waals surface area contributed by atoms with E-state index in [1.165, 1.54) is 5.69 Å². The van der Waals surface area contributed by atoms with Crippen molar-refractivity contribution in [3.63, 3.8) is 0 Å². The smallest absolute Gasteiger partial charge is 0.223 e. The van der Waals surface area contributed by atoms with Crippen LogP contribution in [0.2, 0.25) is 0 Å². The summed E-state index contributed by atoms with van der Waals surface area (Å²) in [6.45, 7) is 5.88. The van der Waals surface area contributed by atoms with Gasteiger partial charge in [-0.15, -0.1) is 0 Å². The van der Waals surface area contributed by atoms with Gasteiger partial charge in [-0.1, -0.05) is 0 Å². The van der Waals surface area contributed by atoms with E-state index in [0.29, 0.717) is 5.92 Å². The average molecular weight is 303 g/mol. The number of ether oxygens (including phenoxy) is 1. The standard InChI is InChI=1S/C17H25N3O2/c1-22-16-6-4-15(5-7-16)20-12-10-19(11-13-20)9-8-18-17(21)14-2-3-14/h4-7,14H,2-3,8-13H2,1H3,(H,18,21). The van der Waals surface area contributed by atoms with Crippen LogP contribution in [0.4, 0.5) is 5.69 Å². The molecule has 0 atom stereocenters. The van der Waals surface area contributed by atoms with Crippen molar-refractivity contribution >= 4 is 11.6 Å². The number of anilines is 1. The van der Waals surface area contributed by atoms with Crippen LogP contribution in [0.15, 0.2) is 24.3 Å². The summed E-state index contributed by atoms with van der Waals surface area (Å²) in [5.41, 5.74) is 1.25. The lowest BCUT2D eigenvalue weighted by molar-refractivity contribution is -0.122. The molecular weight excluding hydrogens is 278 g/mol. The van der Waals surface area contributed by atoms with Crippen LogP contribution in [-0.4, -0.2) is 57.2 Å². The first-order valence-electron chi connectivity index (χ1n) is 8.15. The minimum absolute atomic E-state index is 0.247. The number of carbonyl (C=O) groups is 1. The zero-order valence-electron chi connectivity index (χ0n) is 13.3. The van der Waals surface area contributed by atoms with Gasteiger partial charge >= 0.3 is 0 Å². The summed E-state index contributed by atoms with van der Waals surface area (Å²) in [5, 5.41) is 3.04. The number of nitrogens with zero attached hydrogens (tertiary/aromatic N) is 2. The number of benzene rings is 1. The molecule has 2 fully saturated rings. The van der Waals surface area contributed by atoms with Crippen LogP contribution in [0.5, 0.6) is 5.75 Å². The van der Waals surface area contributed by atoms with Crippen LogP contribution >= 0.6 is 0 Å².